The molecule has 0 amide bonds. The van der Waals surface area contributed by atoms with Crippen molar-refractivity contribution in [3.05, 3.63) is 47.8 Å². The van der Waals surface area contributed by atoms with E-state index in [0.717, 1.165) is 42.7 Å². The van der Waals surface area contributed by atoms with Gasteiger partial charge < -0.3 is 4.74 Å². The first kappa shape index (κ1) is 19.1. The van der Waals surface area contributed by atoms with Gasteiger partial charge in [-0.2, -0.15) is 0 Å². The molecule has 0 N–H and O–H groups in total. The molecule has 1 aliphatic carbocycles. The van der Waals surface area contributed by atoms with Crippen LogP contribution in [-0.4, -0.2) is 22.0 Å². The maximum absolute atomic E-state index is 12.2. The largest absolute Gasteiger partial charge is 0.459 e. The zero-order valence-electron chi connectivity index (χ0n) is 15.7. The Morgan fingerprint density at radius 1 is 1.00 bits per heavy atom. The Bertz CT molecular complexity index is 657. The standard InChI is InChI=1S/C19H22N2O2.C2H6/c1-13-3-9-17(10-4-13)23-19(22)16-7-5-15(6-8-16)18-20-11-14(2)12-21-18;1-2/h5-8,11-13,17H,3-4,9-10H2,1-2H3;1-2H3. The molecular formula is C21H28N2O2. The number of carbonyl (C=O) groups is 1. The maximum atomic E-state index is 12.2. The fraction of sp³-hybridized carbons (Fsp3) is 0.476. The molecule has 4 heteroatoms. The Balaban J connectivity index is 0.00000109. The average molecular weight is 340 g/mol. The summed E-state index contributed by atoms with van der Waals surface area (Å²) in [5.41, 5.74) is 2.50. The highest BCUT2D eigenvalue weighted by Gasteiger charge is 2.22. The quantitative estimate of drug-likeness (QED) is 0.719. The number of hydrogen-bond donors (Lipinski definition) is 0. The zero-order chi connectivity index (χ0) is 18.2. The second-order valence-corrected chi connectivity index (χ2v) is 6.45. The molecule has 2 aromatic rings. The van der Waals surface area contributed by atoms with Crippen molar-refractivity contribution in [1.82, 2.24) is 9.97 Å². The molecule has 0 saturated heterocycles. The van der Waals surface area contributed by atoms with E-state index in [9.17, 15) is 4.79 Å². The summed E-state index contributed by atoms with van der Waals surface area (Å²) in [6, 6.07) is 7.30. The van der Waals surface area contributed by atoms with Crippen molar-refractivity contribution in [1.29, 1.82) is 0 Å². The van der Waals surface area contributed by atoms with E-state index in [0.29, 0.717) is 11.4 Å². The van der Waals surface area contributed by atoms with E-state index in [1.807, 2.05) is 32.9 Å². The summed E-state index contributed by atoms with van der Waals surface area (Å²) in [5.74, 6) is 1.18. The SMILES string of the molecule is CC.Cc1cnc(-c2ccc(C(=O)OC3CCC(C)CC3)cc2)nc1. The highest BCUT2D eigenvalue weighted by atomic mass is 16.5. The van der Waals surface area contributed by atoms with Gasteiger partial charge in [-0.25, -0.2) is 14.8 Å². The predicted octanol–water partition coefficient (Wildman–Crippen LogP) is 5.21. The van der Waals surface area contributed by atoms with E-state index in [1.54, 1.807) is 24.5 Å². The number of nitrogens with zero attached hydrogens (tertiary/aromatic N) is 2. The van der Waals surface area contributed by atoms with Gasteiger partial charge in [-0.1, -0.05) is 32.9 Å². The van der Waals surface area contributed by atoms with Crippen LogP contribution in [0.1, 0.15) is 62.4 Å². The molecule has 1 fully saturated rings. The van der Waals surface area contributed by atoms with Crippen LogP contribution in [0.15, 0.2) is 36.7 Å². The van der Waals surface area contributed by atoms with Gasteiger partial charge in [0.2, 0.25) is 0 Å². The molecule has 1 aliphatic rings. The van der Waals surface area contributed by atoms with Crippen molar-refractivity contribution < 1.29 is 9.53 Å². The number of hydrogen-bond acceptors (Lipinski definition) is 4. The lowest BCUT2D eigenvalue weighted by atomic mass is 9.89. The smallest absolute Gasteiger partial charge is 0.338 e. The van der Waals surface area contributed by atoms with Gasteiger partial charge in [0.15, 0.2) is 5.82 Å². The van der Waals surface area contributed by atoms with Crippen molar-refractivity contribution in [2.24, 2.45) is 5.92 Å². The van der Waals surface area contributed by atoms with Crippen LogP contribution >= 0.6 is 0 Å². The van der Waals surface area contributed by atoms with Crippen LogP contribution in [-0.2, 0) is 4.74 Å². The summed E-state index contributed by atoms with van der Waals surface area (Å²) in [7, 11) is 0. The molecule has 25 heavy (non-hydrogen) atoms. The molecule has 0 aliphatic heterocycles. The molecule has 1 aromatic carbocycles. The summed E-state index contributed by atoms with van der Waals surface area (Å²) in [4.78, 5) is 20.8. The monoisotopic (exact) mass is 340 g/mol. The van der Waals surface area contributed by atoms with Gasteiger partial charge >= 0.3 is 5.97 Å². The molecule has 0 bridgehead atoms. The van der Waals surface area contributed by atoms with E-state index in [4.69, 9.17) is 4.74 Å². The van der Waals surface area contributed by atoms with Gasteiger partial charge in [-0.15, -0.1) is 0 Å². The second-order valence-electron chi connectivity index (χ2n) is 6.45. The van der Waals surface area contributed by atoms with Crippen molar-refractivity contribution >= 4 is 5.97 Å². The Morgan fingerprint density at radius 2 is 1.56 bits per heavy atom. The Kier molecular flexibility index (Phi) is 7.11. The third-order valence-corrected chi connectivity index (χ3v) is 4.40. The van der Waals surface area contributed by atoms with Gasteiger partial charge in [-0.3, -0.25) is 0 Å². The lowest BCUT2D eigenvalue weighted by Crippen LogP contribution is -2.23. The first-order valence-corrected chi connectivity index (χ1v) is 9.22. The lowest BCUT2D eigenvalue weighted by molar-refractivity contribution is 0.0174. The van der Waals surface area contributed by atoms with Crippen molar-refractivity contribution in [3.63, 3.8) is 0 Å². The minimum atomic E-state index is -0.235. The molecule has 3 rings (SSSR count). The number of rotatable bonds is 3. The van der Waals surface area contributed by atoms with E-state index >= 15 is 0 Å². The van der Waals surface area contributed by atoms with E-state index in [-0.39, 0.29) is 12.1 Å². The maximum Gasteiger partial charge on any atom is 0.338 e. The zero-order valence-corrected chi connectivity index (χ0v) is 15.7. The Hall–Kier alpha value is -2.23. The topological polar surface area (TPSA) is 52.1 Å². The van der Waals surface area contributed by atoms with E-state index in [2.05, 4.69) is 16.9 Å². The van der Waals surface area contributed by atoms with Crippen LogP contribution in [0.3, 0.4) is 0 Å². The van der Waals surface area contributed by atoms with Crippen LogP contribution in [0.4, 0.5) is 0 Å². The first-order valence-electron chi connectivity index (χ1n) is 9.22. The summed E-state index contributed by atoms with van der Waals surface area (Å²) in [6.45, 7) is 8.21. The Labute approximate surface area is 150 Å². The first-order chi connectivity index (χ1) is 12.1. The second kappa shape index (κ2) is 9.30. The number of aromatic nitrogens is 2. The highest BCUT2D eigenvalue weighted by Crippen LogP contribution is 2.26. The fourth-order valence-corrected chi connectivity index (χ4v) is 2.86. The van der Waals surface area contributed by atoms with Crippen LogP contribution in [0.5, 0.6) is 0 Å². The van der Waals surface area contributed by atoms with Crippen LogP contribution in [0.25, 0.3) is 11.4 Å². The molecule has 1 heterocycles. The fourth-order valence-electron chi connectivity index (χ4n) is 2.86. The molecular weight excluding hydrogens is 312 g/mol. The van der Waals surface area contributed by atoms with Crippen molar-refractivity contribution in [2.75, 3.05) is 0 Å². The van der Waals surface area contributed by atoms with Gasteiger partial charge in [0.1, 0.15) is 6.10 Å². The number of aryl methyl sites for hydroxylation is 1. The van der Waals surface area contributed by atoms with Crippen LogP contribution in [0.2, 0.25) is 0 Å². The molecule has 0 unspecified atom stereocenters. The van der Waals surface area contributed by atoms with Crippen molar-refractivity contribution in [3.8, 4) is 11.4 Å². The number of benzene rings is 1. The third-order valence-electron chi connectivity index (χ3n) is 4.40. The summed E-state index contributed by atoms with van der Waals surface area (Å²) in [6.07, 6.45) is 7.87. The van der Waals surface area contributed by atoms with Crippen LogP contribution < -0.4 is 0 Å². The normalized spacial score (nSPS) is 19.5. The number of carbonyl (C=O) groups excluding carboxylic acids is 1. The van der Waals surface area contributed by atoms with Gasteiger partial charge in [0, 0.05) is 18.0 Å². The molecule has 0 spiro atoms. The molecule has 0 atom stereocenters. The third kappa shape index (κ3) is 5.38. The average Bonchev–Trinajstić information content (AvgIpc) is 2.66. The summed E-state index contributed by atoms with van der Waals surface area (Å²) in [5, 5.41) is 0. The Morgan fingerprint density at radius 3 is 2.12 bits per heavy atom. The lowest BCUT2D eigenvalue weighted by Gasteiger charge is -2.25. The molecule has 4 nitrogen and oxygen atoms in total. The minimum absolute atomic E-state index is 0.0683. The molecule has 1 saturated carbocycles. The predicted molar refractivity (Wildman–Crippen MR) is 100 cm³/mol. The van der Waals surface area contributed by atoms with E-state index < -0.39 is 0 Å². The van der Waals surface area contributed by atoms with Crippen LogP contribution in [0, 0.1) is 12.8 Å². The summed E-state index contributed by atoms with van der Waals surface area (Å²) >= 11 is 0. The van der Waals surface area contributed by atoms with Gasteiger partial charge in [0.05, 0.1) is 5.56 Å². The highest BCUT2D eigenvalue weighted by molar-refractivity contribution is 5.90. The van der Waals surface area contributed by atoms with E-state index in [1.165, 1.54) is 0 Å². The number of esters is 1. The summed E-state index contributed by atoms with van der Waals surface area (Å²) < 4.78 is 5.62. The minimum Gasteiger partial charge on any atom is -0.459 e. The number of ether oxygens (including phenoxy) is 1. The van der Waals surface area contributed by atoms with Crippen molar-refractivity contribution in [2.45, 2.75) is 59.5 Å². The molecule has 134 valence electrons. The van der Waals surface area contributed by atoms with Gasteiger partial charge in [0.25, 0.3) is 0 Å². The van der Waals surface area contributed by atoms with Gasteiger partial charge in [-0.05, 0) is 56.2 Å². The molecule has 0 radical (unpaired) electrons. The molecule has 1 aromatic heterocycles.